The van der Waals surface area contributed by atoms with Crippen LogP contribution < -0.4 is 0 Å². The standard InChI is InChI=1S/C12H14BrF2N/c13-11-3-1-9(2-4-11)10-5-6-16(7-10)8-12(14)15/h1-4,10,12H,5-8H2. The Morgan fingerprint density at radius 3 is 2.62 bits per heavy atom. The Kier molecular flexibility index (Phi) is 3.92. The van der Waals surface area contributed by atoms with Crippen molar-refractivity contribution in [3.8, 4) is 0 Å². The maximum absolute atomic E-state index is 12.2. The van der Waals surface area contributed by atoms with Crippen molar-refractivity contribution in [2.24, 2.45) is 0 Å². The van der Waals surface area contributed by atoms with E-state index < -0.39 is 6.43 Å². The molecule has 2 rings (SSSR count). The van der Waals surface area contributed by atoms with Gasteiger partial charge in [0.25, 0.3) is 6.43 Å². The van der Waals surface area contributed by atoms with Gasteiger partial charge in [0.1, 0.15) is 0 Å². The topological polar surface area (TPSA) is 3.24 Å². The van der Waals surface area contributed by atoms with Crippen molar-refractivity contribution >= 4 is 15.9 Å². The first kappa shape index (κ1) is 12.0. The number of hydrogen-bond donors (Lipinski definition) is 0. The minimum absolute atomic E-state index is 0.0902. The third-order valence-electron chi connectivity index (χ3n) is 3.01. The average Bonchev–Trinajstić information content (AvgIpc) is 2.66. The van der Waals surface area contributed by atoms with E-state index in [1.165, 1.54) is 5.56 Å². The van der Waals surface area contributed by atoms with Crippen LogP contribution in [0.5, 0.6) is 0 Å². The van der Waals surface area contributed by atoms with E-state index in [0.717, 1.165) is 24.0 Å². The molecular formula is C12H14BrF2N. The molecule has 1 aliphatic heterocycles. The van der Waals surface area contributed by atoms with Crippen LogP contribution in [0.2, 0.25) is 0 Å². The minimum atomic E-state index is -2.22. The zero-order chi connectivity index (χ0) is 11.5. The highest BCUT2D eigenvalue weighted by atomic mass is 79.9. The smallest absolute Gasteiger partial charge is 0.251 e. The van der Waals surface area contributed by atoms with Gasteiger partial charge in [-0.2, -0.15) is 0 Å². The maximum atomic E-state index is 12.2. The molecule has 0 radical (unpaired) electrons. The normalized spacial score (nSPS) is 21.9. The second-order valence-corrected chi connectivity index (χ2v) is 5.10. The first-order valence-electron chi connectivity index (χ1n) is 5.41. The number of alkyl halides is 2. The summed E-state index contributed by atoms with van der Waals surface area (Å²) < 4.78 is 25.5. The fourth-order valence-corrected chi connectivity index (χ4v) is 2.47. The van der Waals surface area contributed by atoms with Crippen LogP contribution in [0.4, 0.5) is 8.78 Å². The Balaban J connectivity index is 1.95. The van der Waals surface area contributed by atoms with Crippen LogP contribution in [0.1, 0.15) is 17.9 Å². The number of rotatable bonds is 3. The van der Waals surface area contributed by atoms with E-state index in [9.17, 15) is 8.78 Å². The highest BCUT2D eigenvalue weighted by Gasteiger charge is 2.25. The maximum Gasteiger partial charge on any atom is 0.251 e. The van der Waals surface area contributed by atoms with Crippen molar-refractivity contribution in [2.45, 2.75) is 18.8 Å². The molecule has 1 heterocycles. The lowest BCUT2D eigenvalue weighted by Gasteiger charge is -2.15. The molecule has 1 nitrogen and oxygen atoms in total. The van der Waals surface area contributed by atoms with Gasteiger partial charge < -0.3 is 0 Å². The predicted molar refractivity (Wildman–Crippen MR) is 63.9 cm³/mol. The first-order chi connectivity index (χ1) is 7.65. The van der Waals surface area contributed by atoms with Crippen molar-refractivity contribution in [1.82, 2.24) is 4.90 Å². The fraction of sp³-hybridized carbons (Fsp3) is 0.500. The lowest BCUT2D eigenvalue weighted by Crippen LogP contribution is -2.26. The molecule has 1 fully saturated rings. The van der Waals surface area contributed by atoms with Gasteiger partial charge in [0.05, 0.1) is 6.54 Å². The molecule has 0 aromatic heterocycles. The zero-order valence-corrected chi connectivity index (χ0v) is 10.5. The van der Waals surface area contributed by atoms with Crippen molar-refractivity contribution in [3.05, 3.63) is 34.3 Å². The van der Waals surface area contributed by atoms with Gasteiger partial charge in [-0.05, 0) is 36.6 Å². The van der Waals surface area contributed by atoms with E-state index in [2.05, 4.69) is 28.1 Å². The molecule has 0 saturated carbocycles. The summed E-state index contributed by atoms with van der Waals surface area (Å²) in [6, 6.07) is 8.15. The van der Waals surface area contributed by atoms with Gasteiger partial charge in [0.15, 0.2) is 0 Å². The van der Waals surface area contributed by atoms with Crippen LogP contribution in [0.3, 0.4) is 0 Å². The van der Waals surface area contributed by atoms with Crippen molar-refractivity contribution in [3.63, 3.8) is 0 Å². The quantitative estimate of drug-likeness (QED) is 0.823. The average molecular weight is 290 g/mol. The van der Waals surface area contributed by atoms with Crippen LogP contribution in [0, 0.1) is 0 Å². The Morgan fingerprint density at radius 2 is 2.00 bits per heavy atom. The molecule has 16 heavy (non-hydrogen) atoms. The van der Waals surface area contributed by atoms with Gasteiger partial charge in [0.2, 0.25) is 0 Å². The summed E-state index contributed by atoms with van der Waals surface area (Å²) in [5.41, 5.74) is 1.25. The zero-order valence-electron chi connectivity index (χ0n) is 8.87. The third-order valence-corrected chi connectivity index (χ3v) is 3.54. The lowest BCUT2D eigenvalue weighted by atomic mass is 9.99. The van der Waals surface area contributed by atoms with E-state index in [1.807, 2.05) is 17.0 Å². The molecule has 0 bridgehead atoms. The Morgan fingerprint density at radius 1 is 1.31 bits per heavy atom. The summed E-state index contributed by atoms with van der Waals surface area (Å²) in [4.78, 5) is 1.84. The van der Waals surface area contributed by atoms with Gasteiger partial charge >= 0.3 is 0 Å². The largest absolute Gasteiger partial charge is 0.297 e. The fourth-order valence-electron chi connectivity index (χ4n) is 2.20. The molecule has 1 atom stereocenters. The molecule has 1 unspecified atom stereocenters. The summed E-state index contributed by atoms with van der Waals surface area (Å²) >= 11 is 3.39. The van der Waals surface area contributed by atoms with E-state index in [0.29, 0.717) is 5.92 Å². The van der Waals surface area contributed by atoms with Crippen LogP contribution in [0.25, 0.3) is 0 Å². The highest BCUT2D eigenvalue weighted by molar-refractivity contribution is 9.10. The molecule has 0 N–H and O–H groups in total. The summed E-state index contributed by atoms with van der Waals surface area (Å²) in [7, 11) is 0. The molecule has 0 amide bonds. The van der Waals surface area contributed by atoms with Gasteiger partial charge in [-0.15, -0.1) is 0 Å². The van der Waals surface area contributed by atoms with Gasteiger partial charge in [-0.1, -0.05) is 28.1 Å². The number of halogens is 3. The molecule has 1 aromatic carbocycles. The Hall–Kier alpha value is -0.480. The minimum Gasteiger partial charge on any atom is -0.297 e. The molecule has 88 valence electrons. The highest BCUT2D eigenvalue weighted by Crippen LogP contribution is 2.28. The van der Waals surface area contributed by atoms with Crippen molar-refractivity contribution < 1.29 is 8.78 Å². The van der Waals surface area contributed by atoms with Crippen LogP contribution >= 0.6 is 15.9 Å². The van der Waals surface area contributed by atoms with E-state index in [1.54, 1.807) is 0 Å². The Labute approximate surface area is 103 Å². The monoisotopic (exact) mass is 289 g/mol. The van der Waals surface area contributed by atoms with Gasteiger partial charge in [-0.25, -0.2) is 8.78 Å². The van der Waals surface area contributed by atoms with Crippen LogP contribution in [0.15, 0.2) is 28.7 Å². The molecule has 4 heteroatoms. The second-order valence-electron chi connectivity index (χ2n) is 4.19. The van der Waals surface area contributed by atoms with E-state index in [4.69, 9.17) is 0 Å². The van der Waals surface area contributed by atoms with Gasteiger partial charge in [0, 0.05) is 11.0 Å². The van der Waals surface area contributed by atoms with E-state index >= 15 is 0 Å². The Bertz CT molecular complexity index is 339. The summed E-state index contributed by atoms with van der Waals surface area (Å²) in [5, 5.41) is 0. The predicted octanol–water partition coefficient (Wildman–Crippen LogP) is 3.50. The SMILES string of the molecule is FC(F)CN1CCC(c2ccc(Br)cc2)C1. The summed E-state index contributed by atoms with van der Waals surface area (Å²) in [6.45, 7) is 1.45. The second kappa shape index (κ2) is 5.23. The van der Waals surface area contributed by atoms with Crippen molar-refractivity contribution in [2.75, 3.05) is 19.6 Å². The number of nitrogens with zero attached hydrogens (tertiary/aromatic N) is 1. The third kappa shape index (κ3) is 3.01. The van der Waals surface area contributed by atoms with E-state index in [-0.39, 0.29) is 6.54 Å². The van der Waals surface area contributed by atoms with Gasteiger partial charge in [-0.3, -0.25) is 4.90 Å². The summed E-state index contributed by atoms with van der Waals surface area (Å²) in [5.74, 6) is 0.409. The number of likely N-dealkylation sites (tertiary alicyclic amines) is 1. The lowest BCUT2D eigenvalue weighted by molar-refractivity contribution is 0.0990. The molecule has 1 aliphatic rings. The number of hydrogen-bond acceptors (Lipinski definition) is 1. The molecule has 1 aromatic rings. The molecule has 0 spiro atoms. The first-order valence-corrected chi connectivity index (χ1v) is 6.20. The van der Waals surface area contributed by atoms with Crippen LogP contribution in [-0.2, 0) is 0 Å². The van der Waals surface area contributed by atoms with Crippen molar-refractivity contribution in [1.29, 1.82) is 0 Å². The molecular weight excluding hydrogens is 276 g/mol. The number of benzene rings is 1. The molecule has 0 aliphatic carbocycles. The summed E-state index contributed by atoms with van der Waals surface area (Å²) in [6.07, 6.45) is -1.24. The molecule has 1 saturated heterocycles. The van der Waals surface area contributed by atoms with Crippen LogP contribution in [-0.4, -0.2) is 31.0 Å².